The van der Waals surface area contributed by atoms with E-state index in [9.17, 15) is 13.2 Å². The molecule has 1 N–H and O–H groups in total. The quantitative estimate of drug-likeness (QED) is 0.591. The summed E-state index contributed by atoms with van der Waals surface area (Å²) in [6, 6.07) is 9.19. The van der Waals surface area contributed by atoms with Gasteiger partial charge in [-0.25, -0.2) is 13.1 Å². The summed E-state index contributed by atoms with van der Waals surface area (Å²) in [7, 11) is -3.91. The molecular formula is C18H16Cl2N6O4S. The molecule has 31 heavy (non-hydrogen) atoms. The Kier molecular flexibility index (Phi) is 6.21. The van der Waals surface area contributed by atoms with Gasteiger partial charge < -0.3 is 10.1 Å². The Hall–Kier alpha value is -2.57. The van der Waals surface area contributed by atoms with Crippen molar-refractivity contribution in [3.63, 3.8) is 0 Å². The van der Waals surface area contributed by atoms with Crippen molar-refractivity contribution >= 4 is 44.8 Å². The molecule has 2 aromatic carbocycles. The van der Waals surface area contributed by atoms with Gasteiger partial charge in [0.15, 0.2) is 0 Å². The van der Waals surface area contributed by atoms with Gasteiger partial charge in [0.05, 0.1) is 34.5 Å². The summed E-state index contributed by atoms with van der Waals surface area (Å²) in [6.07, 6.45) is 1.44. The molecule has 0 radical (unpaired) electrons. The van der Waals surface area contributed by atoms with E-state index < -0.39 is 15.9 Å². The molecule has 4 rings (SSSR count). The van der Waals surface area contributed by atoms with Gasteiger partial charge in [0.2, 0.25) is 10.0 Å². The Bertz CT molecular complexity index is 1200. The first-order chi connectivity index (χ1) is 14.9. The molecule has 1 saturated heterocycles. The minimum absolute atomic E-state index is 0.0116. The number of nitrogens with zero attached hydrogens (tertiary/aromatic N) is 5. The standard InChI is InChI=1S/C18H16Cl2N6O4S/c19-15-10-16(20)17(31(28,29)25-5-7-30-8-6-25)9-14(15)18(27)22-12-1-3-13(4-2-12)26-11-21-23-24-26/h1-4,9-11H,5-8H2,(H,22,27). The average molecular weight is 483 g/mol. The maximum Gasteiger partial charge on any atom is 0.257 e. The van der Waals surface area contributed by atoms with Gasteiger partial charge in [-0.1, -0.05) is 23.2 Å². The fourth-order valence-electron chi connectivity index (χ4n) is 3.00. The Morgan fingerprint density at radius 3 is 2.42 bits per heavy atom. The molecule has 0 aliphatic carbocycles. The highest BCUT2D eigenvalue weighted by atomic mass is 35.5. The monoisotopic (exact) mass is 482 g/mol. The van der Waals surface area contributed by atoms with Gasteiger partial charge in [-0.3, -0.25) is 4.79 Å². The van der Waals surface area contributed by atoms with Gasteiger partial charge in [0.1, 0.15) is 11.2 Å². The molecular weight excluding hydrogens is 467 g/mol. The van der Waals surface area contributed by atoms with Crippen LogP contribution >= 0.6 is 23.2 Å². The van der Waals surface area contributed by atoms with E-state index in [0.29, 0.717) is 24.6 Å². The lowest BCUT2D eigenvalue weighted by Gasteiger charge is -2.26. The lowest BCUT2D eigenvalue weighted by molar-refractivity contribution is 0.0730. The molecule has 0 bridgehead atoms. The van der Waals surface area contributed by atoms with Crippen LogP contribution in [0.1, 0.15) is 10.4 Å². The van der Waals surface area contributed by atoms with E-state index in [1.807, 2.05) is 0 Å². The summed E-state index contributed by atoms with van der Waals surface area (Å²) in [4.78, 5) is 12.6. The number of nitrogens with one attached hydrogen (secondary N) is 1. The fourth-order valence-corrected chi connectivity index (χ4v) is 5.24. The molecule has 13 heteroatoms. The second-order valence-electron chi connectivity index (χ2n) is 6.53. The predicted octanol–water partition coefficient (Wildman–Crippen LogP) is 2.24. The molecule has 3 aromatic rings. The highest BCUT2D eigenvalue weighted by Crippen LogP contribution is 2.31. The lowest BCUT2D eigenvalue weighted by atomic mass is 10.2. The van der Waals surface area contributed by atoms with E-state index in [2.05, 4.69) is 20.8 Å². The Labute approximate surface area is 187 Å². The molecule has 0 spiro atoms. The van der Waals surface area contributed by atoms with Crippen LogP contribution in [0.25, 0.3) is 5.69 Å². The molecule has 1 aliphatic rings. The van der Waals surface area contributed by atoms with Crippen molar-refractivity contribution in [2.75, 3.05) is 31.6 Å². The van der Waals surface area contributed by atoms with Crippen LogP contribution in [0.5, 0.6) is 0 Å². The summed E-state index contributed by atoms with van der Waals surface area (Å²) in [5, 5.41) is 13.6. The van der Waals surface area contributed by atoms with E-state index in [0.717, 1.165) is 0 Å². The normalized spacial score (nSPS) is 15.0. The molecule has 0 saturated carbocycles. The van der Waals surface area contributed by atoms with Crippen LogP contribution in [0, 0.1) is 0 Å². The number of amides is 1. The highest BCUT2D eigenvalue weighted by Gasteiger charge is 2.30. The number of sulfonamides is 1. The third kappa shape index (κ3) is 4.55. The first kappa shape index (κ1) is 21.7. The lowest BCUT2D eigenvalue weighted by Crippen LogP contribution is -2.40. The van der Waals surface area contributed by atoms with Crippen LogP contribution in [0.2, 0.25) is 10.0 Å². The summed E-state index contributed by atoms with van der Waals surface area (Å²) >= 11 is 12.4. The van der Waals surface area contributed by atoms with Crippen LogP contribution in [0.4, 0.5) is 5.69 Å². The van der Waals surface area contributed by atoms with E-state index in [1.165, 1.54) is 27.4 Å². The van der Waals surface area contributed by atoms with Crippen molar-refractivity contribution in [1.82, 2.24) is 24.5 Å². The summed E-state index contributed by atoms with van der Waals surface area (Å²) in [6.45, 7) is 0.990. The Balaban J connectivity index is 1.59. The zero-order valence-electron chi connectivity index (χ0n) is 15.9. The van der Waals surface area contributed by atoms with E-state index in [-0.39, 0.29) is 33.6 Å². The van der Waals surface area contributed by atoms with Crippen LogP contribution in [0.3, 0.4) is 0 Å². The van der Waals surface area contributed by atoms with Crippen molar-refractivity contribution in [2.24, 2.45) is 0 Å². The molecule has 162 valence electrons. The molecule has 0 atom stereocenters. The van der Waals surface area contributed by atoms with Gasteiger partial charge in [0, 0.05) is 18.8 Å². The predicted molar refractivity (Wildman–Crippen MR) is 113 cm³/mol. The SMILES string of the molecule is O=C(Nc1ccc(-n2cnnn2)cc1)c1cc(S(=O)(=O)N2CCOCC2)c(Cl)cc1Cl. The largest absolute Gasteiger partial charge is 0.379 e. The van der Waals surface area contributed by atoms with E-state index in [4.69, 9.17) is 27.9 Å². The number of morpholine rings is 1. The minimum atomic E-state index is -3.91. The minimum Gasteiger partial charge on any atom is -0.379 e. The maximum atomic E-state index is 13.0. The number of benzene rings is 2. The number of aromatic nitrogens is 4. The third-order valence-corrected chi connectivity index (χ3v) is 7.27. The average Bonchev–Trinajstić information content (AvgIpc) is 3.29. The number of anilines is 1. The van der Waals surface area contributed by atoms with Crippen LogP contribution in [-0.4, -0.2) is 65.1 Å². The topological polar surface area (TPSA) is 119 Å². The third-order valence-electron chi connectivity index (χ3n) is 4.59. The smallest absolute Gasteiger partial charge is 0.257 e. The molecule has 10 nitrogen and oxygen atoms in total. The van der Waals surface area contributed by atoms with E-state index >= 15 is 0 Å². The molecule has 2 heterocycles. The van der Waals surface area contributed by atoms with Gasteiger partial charge in [-0.05, 0) is 46.8 Å². The highest BCUT2D eigenvalue weighted by molar-refractivity contribution is 7.89. The number of halogens is 2. The second kappa shape index (κ2) is 8.89. The van der Waals surface area contributed by atoms with Gasteiger partial charge in [-0.15, -0.1) is 5.10 Å². The number of tetrazole rings is 1. The summed E-state index contributed by atoms with van der Waals surface area (Å²) < 4.78 is 33.9. The Morgan fingerprint density at radius 1 is 1.06 bits per heavy atom. The van der Waals surface area contributed by atoms with Crippen molar-refractivity contribution in [3.05, 3.63) is 58.3 Å². The van der Waals surface area contributed by atoms with Gasteiger partial charge in [-0.2, -0.15) is 4.31 Å². The Morgan fingerprint density at radius 2 is 1.77 bits per heavy atom. The molecule has 0 unspecified atom stereocenters. The zero-order chi connectivity index (χ0) is 22.0. The van der Waals surface area contributed by atoms with Crippen LogP contribution in [-0.2, 0) is 14.8 Å². The number of hydrogen-bond acceptors (Lipinski definition) is 7. The van der Waals surface area contributed by atoms with Crippen molar-refractivity contribution < 1.29 is 17.9 Å². The van der Waals surface area contributed by atoms with Gasteiger partial charge >= 0.3 is 0 Å². The number of carbonyl (C=O) groups excluding carboxylic acids is 1. The number of carbonyl (C=O) groups is 1. The number of hydrogen-bond donors (Lipinski definition) is 1. The number of ether oxygens (including phenoxy) is 1. The van der Waals surface area contributed by atoms with Gasteiger partial charge in [0.25, 0.3) is 5.91 Å². The van der Waals surface area contributed by atoms with Crippen molar-refractivity contribution in [1.29, 1.82) is 0 Å². The molecule has 1 amide bonds. The first-order valence-electron chi connectivity index (χ1n) is 9.08. The summed E-state index contributed by atoms with van der Waals surface area (Å²) in [5.41, 5.74) is 1.17. The van der Waals surface area contributed by atoms with Crippen LogP contribution in [0.15, 0.2) is 47.6 Å². The first-order valence-corrected chi connectivity index (χ1v) is 11.3. The van der Waals surface area contributed by atoms with Crippen molar-refractivity contribution in [3.8, 4) is 5.69 Å². The number of rotatable bonds is 5. The molecule has 1 fully saturated rings. The second-order valence-corrected chi connectivity index (χ2v) is 9.26. The maximum absolute atomic E-state index is 13.0. The van der Waals surface area contributed by atoms with E-state index in [1.54, 1.807) is 24.3 Å². The van der Waals surface area contributed by atoms with Crippen molar-refractivity contribution in [2.45, 2.75) is 4.90 Å². The summed E-state index contributed by atoms with van der Waals surface area (Å²) in [5.74, 6) is -0.574. The zero-order valence-corrected chi connectivity index (χ0v) is 18.2. The molecule has 1 aromatic heterocycles. The molecule has 1 aliphatic heterocycles. The van der Waals surface area contributed by atoms with Crippen LogP contribution < -0.4 is 5.32 Å². The fraction of sp³-hybridized carbons (Fsp3) is 0.222.